The van der Waals surface area contributed by atoms with E-state index in [0.29, 0.717) is 23.6 Å². The summed E-state index contributed by atoms with van der Waals surface area (Å²) in [6.45, 7) is 2.58. The fourth-order valence-corrected chi connectivity index (χ4v) is 2.82. The lowest BCUT2D eigenvalue weighted by molar-refractivity contribution is 0.276. The Kier molecular flexibility index (Phi) is 6.82. The number of aromatic nitrogens is 2. The molecule has 0 spiro atoms. The Morgan fingerprint density at radius 1 is 1.11 bits per heavy atom. The summed E-state index contributed by atoms with van der Waals surface area (Å²) in [6, 6.07) is 12.4. The van der Waals surface area contributed by atoms with Gasteiger partial charge < -0.3 is 19.4 Å². The molecule has 0 fully saturated rings. The summed E-state index contributed by atoms with van der Waals surface area (Å²) in [5.41, 5.74) is 1.50. The third-order valence-electron chi connectivity index (χ3n) is 4.25. The number of benzene rings is 2. The molecular formula is C21H24FN3O2. The summed E-state index contributed by atoms with van der Waals surface area (Å²) in [5.74, 6) is 1.01. The Hall–Kier alpha value is -2.86. The van der Waals surface area contributed by atoms with Crippen LogP contribution in [0.1, 0.15) is 17.5 Å². The minimum Gasteiger partial charge on any atom is -0.493 e. The van der Waals surface area contributed by atoms with Gasteiger partial charge in [0.2, 0.25) is 0 Å². The van der Waals surface area contributed by atoms with E-state index in [4.69, 9.17) is 9.47 Å². The summed E-state index contributed by atoms with van der Waals surface area (Å²) in [4.78, 5) is 4.04. The fraction of sp³-hybridized carbons (Fsp3) is 0.286. The van der Waals surface area contributed by atoms with Crippen LogP contribution in [0, 0.1) is 5.82 Å². The molecule has 2 aromatic carbocycles. The molecule has 0 saturated carbocycles. The normalized spacial score (nSPS) is 10.7. The lowest BCUT2D eigenvalue weighted by Gasteiger charge is -2.16. The number of rotatable bonds is 10. The van der Waals surface area contributed by atoms with Crippen LogP contribution in [0.25, 0.3) is 0 Å². The van der Waals surface area contributed by atoms with Crippen LogP contribution < -0.4 is 14.8 Å². The van der Waals surface area contributed by atoms with Crippen LogP contribution in [0.4, 0.5) is 4.39 Å². The number of para-hydroxylation sites is 1. The first-order valence-electron chi connectivity index (χ1n) is 8.96. The molecule has 0 unspecified atom stereocenters. The zero-order valence-corrected chi connectivity index (χ0v) is 15.4. The first-order chi connectivity index (χ1) is 13.3. The van der Waals surface area contributed by atoms with Crippen LogP contribution in [0.2, 0.25) is 0 Å². The molecular weight excluding hydrogens is 345 g/mol. The van der Waals surface area contributed by atoms with Crippen molar-refractivity contribution < 1.29 is 13.9 Å². The van der Waals surface area contributed by atoms with Crippen molar-refractivity contribution in [1.82, 2.24) is 14.9 Å². The first kappa shape index (κ1) is 18.9. The van der Waals surface area contributed by atoms with E-state index in [1.807, 2.05) is 30.7 Å². The van der Waals surface area contributed by atoms with Gasteiger partial charge in [-0.05, 0) is 25.1 Å². The zero-order valence-electron chi connectivity index (χ0n) is 15.4. The summed E-state index contributed by atoms with van der Waals surface area (Å²) < 4.78 is 27.2. The number of aryl methyl sites for hydroxylation is 1. The van der Waals surface area contributed by atoms with Gasteiger partial charge in [-0.3, -0.25) is 0 Å². The molecule has 0 saturated heterocycles. The summed E-state index contributed by atoms with van der Waals surface area (Å²) in [5, 5.41) is 3.42. The Bertz CT molecular complexity index is 837. The highest BCUT2D eigenvalue weighted by molar-refractivity contribution is 5.46. The maximum atomic E-state index is 13.8. The monoisotopic (exact) mass is 369 g/mol. The van der Waals surface area contributed by atoms with Gasteiger partial charge in [-0.1, -0.05) is 30.3 Å². The number of methoxy groups -OCH3 is 1. The fourth-order valence-electron chi connectivity index (χ4n) is 2.82. The van der Waals surface area contributed by atoms with Gasteiger partial charge in [0.1, 0.15) is 12.4 Å². The number of nitrogens with zero attached hydrogens (tertiary/aromatic N) is 2. The minimum atomic E-state index is -0.272. The van der Waals surface area contributed by atoms with Crippen molar-refractivity contribution in [3.05, 3.63) is 78.1 Å². The van der Waals surface area contributed by atoms with Crippen molar-refractivity contribution in [1.29, 1.82) is 0 Å². The molecule has 27 heavy (non-hydrogen) atoms. The van der Waals surface area contributed by atoms with E-state index in [2.05, 4.69) is 14.9 Å². The third kappa shape index (κ3) is 5.31. The molecule has 6 heteroatoms. The van der Waals surface area contributed by atoms with Gasteiger partial charge in [-0.2, -0.15) is 0 Å². The number of nitrogens with one attached hydrogen (secondary N) is 1. The van der Waals surface area contributed by atoms with E-state index in [9.17, 15) is 4.39 Å². The summed E-state index contributed by atoms with van der Waals surface area (Å²) >= 11 is 0. The van der Waals surface area contributed by atoms with Crippen molar-refractivity contribution in [3.63, 3.8) is 0 Å². The van der Waals surface area contributed by atoms with Crippen LogP contribution in [-0.4, -0.2) is 23.2 Å². The van der Waals surface area contributed by atoms with Crippen molar-refractivity contribution in [2.24, 2.45) is 0 Å². The predicted octanol–water partition coefficient (Wildman–Crippen LogP) is 3.79. The van der Waals surface area contributed by atoms with Gasteiger partial charge in [-0.25, -0.2) is 9.37 Å². The highest BCUT2D eigenvalue weighted by atomic mass is 19.1. The number of hydrogen-bond donors (Lipinski definition) is 1. The highest BCUT2D eigenvalue weighted by Crippen LogP contribution is 2.32. The molecule has 3 rings (SSSR count). The number of ether oxygens (including phenoxy) is 2. The van der Waals surface area contributed by atoms with Crippen molar-refractivity contribution >= 4 is 0 Å². The number of imidazole rings is 1. The Labute approximate surface area is 158 Å². The molecule has 1 aromatic heterocycles. The van der Waals surface area contributed by atoms with E-state index >= 15 is 0 Å². The zero-order chi connectivity index (χ0) is 18.9. The summed E-state index contributed by atoms with van der Waals surface area (Å²) in [7, 11) is 1.60. The Balaban J connectivity index is 1.58. The van der Waals surface area contributed by atoms with Gasteiger partial charge in [0.15, 0.2) is 11.5 Å². The van der Waals surface area contributed by atoms with E-state index in [1.54, 1.807) is 31.5 Å². The average molecular weight is 369 g/mol. The first-order valence-corrected chi connectivity index (χ1v) is 8.96. The van der Waals surface area contributed by atoms with Gasteiger partial charge >= 0.3 is 0 Å². The molecule has 1 heterocycles. The quantitative estimate of drug-likeness (QED) is 0.553. The van der Waals surface area contributed by atoms with Crippen LogP contribution in [-0.2, 0) is 19.7 Å². The minimum absolute atomic E-state index is 0.153. The predicted molar refractivity (Wildman–Crippen MR) is 102 cm³/mol. The summed E-state index contributed by atoms with van der Waals surface area (Å²) in [6.07, 6.45) is 6.54. The molecule has 0 bridgehead atoms. The molecule has 1 N–H and O–H groups in total. The van der Waals surface area contributed by atoms with Gasteiger partial charge in [0.05, 0.1) is 13.4 Å². The Morgan fingerprint density at radius 2 is 1.96 bits per heavy atom. The lowest BCUT2D eigenvalue weighted by atomic mass is 10.1. The van der Waals surface area contributed by atoms with Gasteiger partial charge in [0, 0.05) is 36.6 Å². The van der Waals surface area contributed by atoms with Crippen molar-refractivity contribution in [2.75, 3.05) is 13.7 Å². The lowest BCUT2D eigenvalue weighted by Crippen LogP contribution is -2.17. The SMILES string of the molecule is COc1cccc(CNCCCn2ccnc2)c1OCc1ccccc1F. The van der Waals surface area contributed by atoms with Crippen LogP contribution in [0.5, 0.6) is 11.5 Å². The molecule has 0 aliphatic rings. The number of halogens is 1. The molecule has 5 nitrogen and oxygen atoms in total. The Morgan fingerprint density at radius 3 is 2.74 bits per heavy atom. The standard InChI is InChI=1S/C21H24FN3O2/c1-26-20-9-4-7-17(14-23-10-5-12-25-13-11-24-16-25)21(20)27-15-18-6-2-3-8-19(18)22/h2-4,6-9,11,13,16,23H,5,10,12,14-15H2,1H3. The molecule has 0 aliphatic heterocycles. The average Bonchev–Trinajstić information content (AvgIpc) is 3.21. The van der Waals surface area contributed by atoms with Crippen LogP contribution >= 0.6 is 0 Å². The van der Waals surface area contributed by atoms with E-state index in [0.717, 1.165) is 25.1 Å². The maximum absolute atomic E-state index is 13.8. The van der Waals surface area contributed by atoms with Crippen molar-refractivity contribution in [3.8, 4) is 11.5 Å². The molecule has 3 aromatic rings. The van der Waals surface area contributed by atoms with E-state index < -0.39 is 0 Å². The molecule has 0 radical (unpaired) electrons. The largest absolute Gasteiger partial charge is 0.493 e. The van der Waals surface area contributed by atoms with Crippen LogP contribution in [0.3, 0.4) is 0 Å². The second kappa shape index (κ2) is 9.73. The second-order valence-electron chi connectivity index (χ2n) is 6.16. The van der Waals surface area contributed by atoms with Gasteiger partial charge in [0.25, 0.3) is 0 Å². The molecule has 0 amide bonds. The van der Waals surface area contributed by atoms with E-state index in [-0.39, 0.29) is 12.4 Å². The highest BCUT2D eigenvalue weighted by Gasteiger charge is 2.12. The van der Waals surface area contributed by atoms with Gasteiger partial charge in [-0.15, -0.1) is 0 Å². The van der Waals surface area contributed by atoms with Crippen molar-refractivity contribution in [2.45, 2.75) is 26.1 Å². The van der Waals surface area contributed by atoms with Crippen LogP contribution in [0.15, 0.2) is 61.2 Å². The van der Waals surface area contributed by atoms with E-state index in [1.165, 1.54) is 6.07 Å². The number of hydrogen-bond acceptors (Lipinski definition) is 4. The maximum Gasteiger partial charge on any atom is 0.166 e. The third-order valence-corrected chi connectivity index (χ3v) is 4.25. The molecule has 0 aliphatic carbocycles. The smallest absolute Gasteiger partial charge is 0.166 e. The second-order valence-corrected chi connectivity index (χ2v) is 6.16. The molecule has 142 valence electrons. The molecule has 0 atom stereocenters. The topological polar surface area (TPSA) is 48.3 Å².